The number of benzene rings is 1. The van der Waals surface area contributed by atoms with E-state index in [1.807, 2.05) is 0 Å². The standard InChI is InChI=1S/C29H44Cl2N4O5/c1-29(2,3)40-26(37)17-23(32)27(38)33-24(15-19-9-10-21(30)16-22(19)31)28(39)35-13-11-34(12-14-35)25-8-6-4-5-7-20(25)18-36/h9-10,16,20,23-25,36H,4-8,11-15,17-18,32H2,1-3H3,(H,33,38). The number of rotatable bonds is 9. The first kappa shape index (κ1) is 32.6. The van der Waals surface area contributed by atoms with Crippen molar-refractivity contribution < 1.29 is 24.2 Å². The Hall–Kier alpha value is -1.91. The number of aliphatic hydroxyl groups is 1. The van der Waals surface area contributed by atoms with Crippen molar-refractivity contribution in [2.75, 3.05) is 32.8 Å². The lowest BCUT2D eigenvalue weighted by atomic mass is 9.93. The fourth-order valence-electron chi connectivity index (χ4n) is 5.59. The molecule has 4 N–H and O–H groups in total. The molecule has 2 amide bonds. The van der Waals surface area contributed by atoms with Crippen molar-refractivity contribution in [3.8, 4) is 0 Å². The number of esters is 1. The van der Waals surface area contributed by atoms with Crippen molar-refractivity contribution in [2.45, 2.75) is 89.4 Å². The molecule has 0 aromatic heterocycles. The summed E-state index contributed by atoms with van der Waals surface area (Å²) in [4.78, 5) is 43.2. The predicted octanol–water partition coefficient (Wildman–Crippen LogP) is 3.17. The van der Waals surface area contributed by atoms with E-state index >= 15 is 0 Å². The van der Waals surface area contributed by atoms with Gasteiger partial charge in [-0.3, -0.25) is 19.3 Å². The minimum Gasteiger partial charge on any atom is -0.460 e. The summed E-state index contributed by atoms with van der Waals surface area (Å²) in [7, 11) is 0. The van der Waals surface area contributed by atoms with Crippen LogP contribution in [0.15, 0.2) is 18.2 Å². The number of piperazine rings is 1. The van der Waals surface area contributed by atoms with Crippen molar-refractivity contribution in [2.24, 2.45) is 11.7 Å². The largest absolute Gasteiger partial charge is 0.460 e. The summed E-state index contributed by atoms with van der Waals surface area (Å²) in [5.74, 6) is -1.18. The lowest BCUT2D eigenvalue weighted by Crippen LogP contribution is -2.59. The first-order chi connectivity index (χ1) is 18.9. The highest BCUT2D eigenvalue weighted by Crippen LogP contribution is 2.28. The molecule has 1 aromatic rings. The van der Waals surface area contributed by atoms with Crippen molar-refractivity contribution >= 4 is 41.0 Å². The Balaban J connectivity index is 1.69. The van der Waals surface area contributed by atoms with E-state index in [2.05, 4.69) is 10.2 Å². The lowest BCUT2D eigenvalue weighted by Gasteiger charge is -2.42. The number of ether oxygens (including phenoxy) is 1. The van der Waals surface area contributed by atoms with Gasteiger partial charge in [0.15, 0.2) is 0 Å². The molecule has 4 atom stereocenters. The van der Waals surface area contributed by atoms with Gasteiger partial charge in [-0.15, -0.1) is 0 Å². The van der Waals surface area contributed by atoms with Gasteiger partial charge in [-0.25, -0.2) is 0 Å². The molecule has 1 saturated carbocycles. The molecule has 3 rings (SSSR count). The van der Waals surface area contributed by atoms with Crippen LogP contribution >= 0.6 is 23.2 Å². The van der Waals surface area contributed by atoms with Crippen LogP contribution in [0.3, 0.4) is 0 Å². The molecule has 2 fully saturated rings. The third-order valence-electron chi connectivity index (χ3n) is 7.65. The van der Waals surface area contributed by atoms with Crippen molar-refractivity contribution in [1.29, 1.82) is 0 Å². The molecule has 40 heavy (non-hydrogen) atoms. The summed E-state index contributed by atoms with van der Waals surface area (Å²) in [5, 5.41) is 13.6. The molecule has 0 radical (unpaired) electrons. The lowest BCUT2D eigenvalue weighted by molar-refractivity contribution is -0.156. The molecular weight excluding hydrogens is 555 g/mol. The molecule has 2 aliphatic rings. The number of nitrogens with one attached hydrogen (secondary N) is 1. The van der Waals surface area contributed by atoms with E-state index in [0.29, 0.717) is 47.8 Å². The van der Waals surface area contributed by atoms with Gasteiger partial charge in [-0.2, -0.15) is 0 Å². The fourth-order valence-corrected chi connectivity index (χ4v) is 6.08. The van der Waals surface area contributed by atoms with Crippen molar-refractivity contribution in [3.63, 3.8) is 0 Å². The van der Waals surface area contributed by atoms with Gasteiger partial charge in [0, 0.05) is 55.3 Å². The minimum atomic E-state index is -1.17. The number of aliphatic hydroxyl groups excluding tert-OH is 1. The second-order valence-corrected chi connectivity index (χ2v) is 12.8. The number of nitrogens with two attached hydrogens (primary N) is 1. The summed E-state index contributed by atoms with van der Waals surface area (Å²) < 4.78 is 5.29. The molecule has 1 aromatic carbocycles. The molecule has 0 bridgehead atoms. The first-order valence-corrected chi connectivity index (χ1v) is 15.0. The zero-order valence-electron chi connectivity index (χ0n) is 23.8. The molecule has 1 aliphatic carbocycles. The van der Waals surface area contributed by atoms with Crippen LogP contribution in [-0.4, -0.2) is 89.2 Å². The van der Waals surface area contributed by atoms with E-state index in [9.17, 15) is 19.5 Å². The quantitative estimate of drug-likeness (QED) is 0.294. The number of amides is 2. The van der Waals surface area contributed by atoms with Crippen LogP contribution in [0, 0.1) is 5.92 Å². The number of carbonyl (C=O) groups is 3. The Kier molecular flexibility index (Phi) is 12.1. The summed E-state index contributed by atoms with van der Waals surface area (Å²) in [6.07, 6.45) is 5.41. The predicted molar refractivity (Wildman–Crippen MR) is 156 cm³/mol. The van der Waals surface area contributed by atoms with Crippen LogP contribution in [0.4, 0.5) is 0 Å². The van der Waals surface area contributed by atoms with Crippen LogP contribution in [-0.2, 0) is 25.5 Å². The van der Waals surface area contributed by atoms with Gasteiger partial charge in [0.1, 0.15) is 11.6 Å². The first-order valence-electron chi connectivity index (χ1n) is 14.2. The maximum absolute atomic E-state index is 13.8. The highest BCUT2D eigenvalue weighted by Gasteiger charge is 2.35. The summed E-state index contributed by atoms with van der Waals surface area (Å²) >= 11 is 12.5. The molecule has 1 heterocycles. The SMILES string of the molecule is CC(C)(C)OC(=O)CC(N)C(=O)NC(Cc1ccc(Cl)cc1Cl)C(=O)N1CCN(C2CCCCCC2CO)CC1. The summed E-state index contributed by atoms with van der Waals surface area (Å²) in [5.41, 5.74) is 6.00. The zero-order chi connectivity index (χ0) is 29.4. The van der Waals surface area contributed by atoms with Gasteiger partial charge in [0.25, 0.3) is 0 Å². The van der Waals surface area contributed by atoms with Gasteiger partial charge in [-0.1, -0.05) is 48.5 Å². The molecule has 1 saturated heterocycles. The van der Waals surface area contributed by atoms with E-state index in [0.717, 1.165) is 25.7 Å². The number of carbonyl (C=O) groups excluding carboxylic acids is 3. The molecule has 9 nitrogen and oxygen atoms in total. The Morgan fingerprint density at radius 2 is 1.77 bits per heavy atom. The van der Waals surface area contributed by atoms with E-state index in [1.165, 1.54) is 6.42 Å². The second-order valence-electron chi connectivity index (χ2n) is 11.9. The number of hydrogen-bond acceptors (Lipinski definition) is 7. The van der Waals surface area contributed by atoms with Crippen LogP contribution in [0.1, 0.15) is 64.9 Å². The maximum Gasteiger partial charge on any atom is 0.308 e. The Bertz CT molecular complexity index is 1030. The van der Waals surface area contributed by atoms with E-state index in [4.69, 9.17) is 33.7 Å². The molecular formula is C29H44Cl2N4O5. The second kappa shape index (κ2) is 14.8. The highest BCUT2D eigenvalue weighted by atomic mass is 35.5. The van der Waals surface area contributed by atoms with Crippen LogP contribution in [0.25, 0.3) is 0 Å². The third kappa shape index (κ3) is 9.58. The fraction of sp³-hybridized carbons (Fsp3) is 0.690. The van der Waals surface area contributed by atoms with Crippen molar-refractivity contribution in [3.05, 3.63) is 33.8 Å². The maximum atomic E-state index is 13.8. The summed E-state index contributed by atoms with van der Waals surface area (Å²) in [6, 6.07) is 3.23. The molecule has 224 valence electrons. The van der Waals surface area contributed by atoms with Gasteiger partial charge >= 0.3 is 5.97 Å². The smallest absolute Gasteiger partial charge is 0.308 e. The monoisotopic (exact) mass is 598 g/mol. The van der Waals surface area contributed by atoms with Crippen LogP contribution in [0.2, 0.25) is 10.0 Å². The minimum absolute atomic E-state index is 0.148. The normalized spacial score (nSPS) is 22.2. The average Bonchev–Trinajstić information content (AvgIpc) is 3.13. The van der Waals surface area contributed by atoms with Gasteiger partial charge in [-0.05, 0) is 57.2 Å². The number of halogens is 2. The Labute approximate surface area is 247 Å². The Morgan fingerprint density at radius 3 is 2.40 bits per heavy atom. The molecule has 0 spiro atoms. The van der Waals surface area contributed by atoms with Gasteiger partial charge in [0.2, 0.25) is 11.8 Å². The zero-order valence-corrected chi connectivity index (χ0v) is 25.3. The molecule has 1 aliphatic heterocycles. The average molecular weight is 600 g/mol. The molecule has 11 heteroatoms. The van der Waals surface area contributed by atoms with Gasteiger partial charge < -0.3 is 25.8 Å². The van der Waals surface area contributed by atoms with Crippen LogP contribution in [0.5, 0.6) is 0 Å². The number of nitrogens with zero attached hydrogens (tertiary/aromatic N) is 2. The highest BCUT2D eigenvalue weighted by molar-refractivity contribution is 6.35. The topological polar surface area (TPSA) is 125 Å². The summed E-state index contributed by atoms with van der Waals surface area (Å²) in [6.45, 7) is 7.82. The van der Waals surface area contributed by atoms with E-state index < -0.39 is 29.6 Å². The third-order valence-corrected chi connectivity index (χ3v) is 8.23. The Morgan fingerprint density at radius 1 is 1.10 bits per heavy atom. The van der Waals surface area contributed by atoms with E-state index in [-0.39, 0.29) is 31.3 Å². The van der Waals surface area contributed by atoms with Gasteiger partial charge in [0.05, 0.1) is 12.5 Å². The molecule has 4 unspecified atom stereocenters. The van der Waals surface area contributed by atoms with Crippen molar-refractivity contribution in [1.82, 2.24) is 15.1 Å². The van der Waals surface area contributed by atoms with E-state index in [1.54, 1.807) is 43.9 Å². The number of hydrogen-bond donors (Lipinski definition) is 3. The van der Waals surface area contributed by atoms with Crippen LogP contribution < -0.4 is 11.1 Å².